The summed E-state index contributed by atoms with van der Waals surface area (Å²) in [5, 5.41) is 3.41. The van der Waals surface area contributed by atoms with Crippen molar-refractivity contribution in [2.45, 2.75) is 19.4 Å². The number of nitrogens with two attached hydrogens (primary N) is 1. The molecule has 0 aliphatic carbocycles. The molecule has 1 radical (unpaired) electrons. The summed E-state index contributed by atoms with van der Waals surface area (Å²) >= 11 is 5.90. The molecule has 1 heterocycles. The summed E-state index contributed by atoms with van der Waals surface area (Å²) in [6.07, 6.45) is 1.96. The quantitative estimate of drug-likeness (QED) is 0.612. The second kappa shape index (κ2) is 10.8. The second-order valence-corrected chi connectivity index (χ2v) is 7.83. The van der Waals surface area contributed by atoms with Gasteiger partial charge in [0.1, 0.15) is 6.42 Å². The first-order chi connectivity index (χ1) is 14.9. The molecule has 0 atom stereocenters. The van der Waals surface area contributed by atoms with Gasteiger partial charge in [0.2, 0.25) is 17.7 Å². The predicted molar refractivity (Wildman–Crippen MR) is 120 cm³/mol. The fraction of sp³-hybridized carbons (Fsp3) is 0.304. The van der Waals surface area contributed by atoms with Gasteiger partial charge in [-0.05, 0) is 35.7 Å². The zero-order valence-electron chi connectivity index (χ0n) is 17.2. The van der Waals surface area contributed by atoms with Crippen molar-refractivity contribution < 1.29 is 14.4 Å². The van der Waals surface area contributed by atoms with Crippen LogP contribution in [0.3, 0.4) is 0 Å². The van der Waals surface area contributed by atoms with Crippen LogP contribution < -0.4 is 16.0 Å². The fourth-order valence-electron chi connectivity index (χ4n) is 3.51. The van der Waals surface area contributed by atoms with Crippen LogP contribution in [0.2, 0.25) is 5.02 Å². The third kappa shape index (κ3) is 6.72. The molecule has 3 amide bonds. The number of halogens is 1. The molecule has 3 rings (SSSR count). The summed E-state index contributed by atoms with van der Waals surface area (Å²) in [6.45, 7) is 2.96. The number of benzene rings is 2. The van der Waals surface area contributed by atoms with Gasteiger partial charge in [-0.15, -0.1) is 0 Å². The Morgan fingerprint density at radius 3 is 2.35 bits per heavy atom. The maximum atomic E-state index is 12.6. The molecule has 0 unspecified atom stereocenters. The predicted octanol–water partition coefficient (Wildman–Crippen LogP) is 1.93. The van der Waals surface area contributed by atoms with Crippen molar-refractivity contribution in [3.05, 3.63) is 71.1 Å². The van der Waals surface area contributed by atoms with Crippen LogP contribution in [0.4, 0.5) is 5.69 Å². The smallest absolute Gasteiger partial charge is 0.229 e. The van der Waals surface area contributed by atoms with E-state index < -0.39 is 11.8 Å². The maximum Gasteiger partial charge on any atom is 0.229 e. The molecule has 8 heteroatoms. The molecule has 2 aromatic carbocycles. The summed E-state index contributed by atoms with van der Waals surface area (Å²) in [7, 11) is 0. The topological polar surface area (TPSA) is 95.7 Å². The normalized spacial score (nSPS) is 13.7. The van der Waals surface area contributed by atoms with Crippen LogP contribution in [0, 0.1) is 6.42 Å². The number of piperazine rings is 1. The van der Waals surface area contributed by atoms with Crippen molar-refractivity contribution in [1.82, 2.24) is 10.2 Å². The molecular formula is C23H26ClN4O3. The van der Waals surface area contributed by atoms with Gasteiger partial charge in [0.05, 0.1) is 6.42 Å². The van der Waals surface area contributed by atoms with Crippen LogP contribution >= 0.6 is 11.6 Å². The Bertz CT molecular complexity index is 925. The summed E-state index contributed by atoms with van der Waals surface area (Å²) < 4.78 is 0. The highest BCUT2D eigenvalue weighted by Crippen LogP contribution is 2.22. The minimum Gasteiger partial charge on any atom is -0.369 e. The van der Waals surface area contributed by atoms with E-state index in [1.54, 1.807) is 6.42 Å². The molecule has 3 N–H and O–H groups in total. The Hall–Kier alpha value is -3.06. The molecule has 1 fully saturated rings. The van der Waals surface area contributed by atoms with Gasteiger partial charge >= 0.3 is 0 Å². The van der Waals surface area contributed by atoms with E-state index in [1.165, 1.54) is 0 Å². The van der Waals surface area contributed by atoms with Gasteiger partial charge in [-0.1, -0.05) is 41.9 Å². The van der Waals surface area contributed by atoms with E-state index in [-0.39, 0.29) is 12.3 Å². The summed E-state index contributed by atoms with van der Waals surface area (Å²) in [6, 6.07) is 15.3. The first kappa shape index (κ1) is 22.6. The first-order valence-corrected chi connectivity index (χ1v) is 10.5. The van der Waals surface area contributed by atoms with Crippen molar-refractivity contribution in [2.75, 3.05) is 31.1 Å². The number of amides is 3. The maximum absolute atomic E-state index is 12.6. The average molecular weight is 442 g/mol. The van der Waals surface area contributed by atoms with E-state index in [0.29, 0.717) is 44.2 Å². The molecule has 1 saturated heterocycles. The Balaban J connectivity index is 1.51. The zero-order valence-corrected chi connectivity index (χ0v) is 18.0. The summed E-state index contributed by atoms with van der Waals surface area (Å²) in [5.74, 6) is -1.02. The molecular weight excluding hydrogens is 416 g/mol. The molecule has 0 saturated carbocycles. The number of carbonyl (C=O) groups excluding carboxylic acids is 3. The van der Waals surface area contributed by atoms with Gasteiger partial charge in [0.25, 0.3) is 0 Å². The second-order valence-electron chi connectivity index (χ2n) is 7.40. The molecule has 1 aliphatic heterocycles. The van der Waals surface area contributed by atoms with Crippen LogP contribution in [0.1, 0.15) is 17.5 Å². The number of primary amides is 1. The lowest BCUT2D eigenvalue weighted by atomic mass is 10.1. The Morgan fingerprint density at radius 2 is 1.68 bits per heavy atom. The van der Waals surface area contributed by atoms with E-state index in [1.807, 2.05) is 53.4 Å². The molecule has 163 valence electrons. The molecule has 7 nitrogen and oxygen atoms in total. The van der Waals surface area contributed by atoms with Crippen molar-refractivity contribution in [3.63, 3.8) is 0 Å². The van der Waals surface area contributed by atoms with Crippen molar-refractivity contribution in [3.8, 4) is 0 Å². The van der Waals surface area contributed by atoms with E-state index >= 15 is 0 Å². The third-order valence-corrected chi connectivity index (χ3v) is 5.41. The standard InChI is InChI=1S/C23H26ClN4O3/c24-19-8-5-17(6-9-19)7-10-23(31)28-13-11-27(12-14-28)20-4-2-1-3-18(20)16-26-22(30)15-21(25)29/h1-6,8-10H,7,11-16H2,(H2,25,29)(H,26,30). The number of nitrogens with one attached hydrogen (secondary N) is 1. The zero-order chi connectivity index (χ0) is 22.2. The minimum atomic E-state index is -0.653. The van der Waals surface area contributed by atoms with Gasteiger partial charge < -0.3 is 20.9 Å². The molecule has 2 aromatic rings. The Kier molecular flexibility index (Phi) is 7.89. The van der Waals surface area contributed by atoms with Gasteiger partial charge in [0.15, 0.2) is 0 Å². The summed E-state index contributed by atoms with van der Waals surface area (Å²) in [5.41, 5.74) is 8.07. The van der Waals surface area contributed by atoms with Gasteiger partial charge in [-0.25, -0.2) is 0 Å². The van der Waals surface area contributed by atoms with Crippen LogP contribution in [0.25, 0.3) is 0 Å². The van der Waals surface area contributed by atoms with Gasteiger partial charge in [-0.2, -0.15) is 0 Å². The lowest BCUT2D eigenvalue weighted by molar-refractivity contribution is -0.129. The highest BCUT2D eigenvalue weighted by molar-refractivity contribution is 6.30. The van der Waals surface area contributed by atoms with Crippen LogP contribution in [-0.2, 0) is 27.3 Å². The van der Waals surface area contributed by atoms with Crippen LogP contribution in [0.5, 0.6) is 0 Å². The molecule has 0 spiro atoms. The molecule has 0 aromatic heterocycles. The molecule has 31 heavy (non-hydrogen) atoms. The fourth-order valence-corrected chi connectivity index (χ4v) is 3.63. The highest BCUT2D eigenvalue weighted by Gasteiger charge is 2.22. The SMILES string of the molecule is NC(=O)CC(=O)NCc1ccccc1N1CCN(C(=O)[CH]Cc2ccc(Cl)cc2)CC1. The molecule has 1 aliphatic rings. The first-order valence-electron chi connectivity index (χ1n) is 10.2. The van der Waals surface area contributed by atoms with Crippen molar-refractivity contribution in [2.24, 2.45) is 5.73 Å². The van der Waals surface area contributed by atoms with Crippen molar-refractivity contribution in [1.29, 1.82) is 0 Å². The number of para-hydroxylation sites is 1. The Morgan fingerprint density at radius 1 is 1.00 bits per heavy atom. The highest BCUT2D eigenvalue weighted by atomic mass is 35.5. The van der Waals surface area contributed by atoms with Crippen LogP contribution in [-0.4, -0.2) is 48.8 Å². The summed E-state index contributed by atoms with van der Waals surface area (Å²) in [4.78, 5) is 39.2. The average Bonchev–Trinajstić information content (AvgIpc) is 2.77. The van der Waals surface area contributed by atoms with Gasteiger partial charge in [-0.3, -0.25) is 14.4 Å². The monoisotopic (exact) mass is 441 g/mol. The number of hydrogen-bond donors (Lipinski definition) is 2. The number of hydrogen-bond acceptors (Lipinski definition) is 4. The lowest BCUT2D eigenvalue weighted by Crippen LogP contribution is -2.49. The van der Waals surface area contributed by atoms with E-state index in [4.69, 9.17) is 17.3 Å². The number of carbonyl (C=O) groups is 3. The minimum absolute atomic E-state index is 0.0293. The lowest BCUT2D eigenvalue weighted by Gasteiger charge is -2.37. The van der Waals surface area contributed by atoms with Gasteiger partial charge in [0, 0.05) is 43.4 Å². The number of rotatable bonds is 8. The third-order valence-electron chi connectivity index (χ3n) is 5.16. The number of nitrogens with zero attached hydrogens (tertiary/aromatic N) is 2. The Labute approximate surface area is 187 Å². The molecule has 0 bridgehead atoms. The van der Waals surface area contributed by atoms with E-state index in [0.717, 1.165) is 16.8 Å². The number of anilines is 1. The van der Waals surface area contributed by atoms with Crippen LogP contribution in [0.15, 0.2) is 48.5 Å². The largest absolute Gasteiger partial charge is 0.369 e. The van der Waals surface area contributed by atoms with Crippen molar-refractivity contribution >= 4 is 35.0 Å². The van der Waals surface area contributed by atoms with E-state index in [2.05, 4.69) is 10.2 Å². The van der Waals surface area contributed by atoms with E-state index in [9.17, 15) is 14.4 Å².